The minimum Gasteiger partial charge on any atom is -0.491 e. The molecule has 0 N–H and O–H groups in total. The van der Waals surface area contributed by atoms with Crippen molar-refractivity contribution in [1.82, 2.24) is 4.90 Å². The molecular formula is C27H32F5NO2. The molecule has 1 saturated heterocycles. The van der Waals surface area contributed by atoms with Crippen molar-refractivity contribution in [3.8, 4) is 5.75 Å². The summed E-state index contributed by atoms with van der Waals surface area (Å²) in [6.45, 7) is 3.43. The molecule has 8 heteroatoms. The third-order valence-electron chi connectivity index (χ3n) is 7.14. The van der Waals surface area contributed by atoms with Gasteiger partial charge in [0.05, 0.1) is 24.9 Å². The van der Waals surface area contributed by atoms with E-state index in [2.05, 4.69) is 0 Å². The van der Waals surface area contributed by atoms with Gasteiger partial charge in [-0.25, -0.2) is 8.78 Å². The summed E-state index contributed by atoms with van der Waals surface area (Å²) < 4.78 is 79.3. The summed E-state index contributed by atoms with van der Waals surface area (Å²) in [5.74, 6) is -0.520. The summed E-state index contributed by atoms with van der Waals surface area (Å²) in [5, 5.41) is 0. The Morgan fingerprint density at radius 2 is 1.77 bits per heavy atom. The Bertz CT molecular complexity index is 1010. The number of benzene rings is 2. The number of alkyl halides is 3. The molecule has 192 valence electrons. The fraction of sp³-hybridized carbons (Fsp3) is 0.556. The summed E-state index contributed by atoms with van der Waals surface area (Å²) in [5.41, 5.74) is 0.979. The van der Waals surface area contributed by atoms with Crippen LogP contribution >= 0.6 is 0 Å². The molecule has 0 aromatic heterocycles. The van der Waals surface area contributed by atoms with E-state index in [4.69, 9.17) is 9.47 Å². The van der Waals surface area contributed by atoms with Crippen molar-refractivity contribution in [3.63, 3.8) is 0 Å². The predicted molar refractivity (Wildman–Crippen MR) is 124 cm³/mol. The lowest BCUT2D eigenvalue weighted by Crippen LogP contribution is -2.39. The van der Waals surface area contributed by atoms with Crippen LogP contribution in [-0.2, 0) is 4.74 Å². The number of halogens is 5. The highest BCUT2D eigenvalue weighted by molar-refractivity contribution is 5.39. The topological polar surface area (TPSA) is 21.7 Å². The van der Waals surface area contributed by atoms with Gasteiger partial charge in [-0.15, -0.1) is 0 Å². The van der Waals surface area contributed by atoms with Gasteiger partial charge in [-0.05, 0) is 82.0 Å². The zero-order valence-corrected chi connectivity index (χ0v) is 20.2. The fourth-order valence-electron chi connectivity index (χ4n) is 5.99. The molecule has 2 aliphatic rings. The summed E-state index contributed by atoms with van der Waals surface area (Å²) in [7, 11) is 1.47. The van der Waals surface area contributed by atoms with Crippen LogP contribution in [0.3, 0.4) is 0 Å². The molecule has 2 aromatic rings. The first-order valence-corrected chi connectivity index (χ1v) is 12.1. The molecule has 1 saturated carbocycles. The van der Waals surface area contributed by atoms with Crippen molar-refractivity contribution >= 4 is 0 Å². The van der Waals surface area contributed by atoms with Crippen molar-refractivity contribution < 1.29 is 31.4 Å². The van der Waals surface area contributed by atoms with Gasteiger partial charge < -0.3 is 9.47 Å². The number of rotatable bonds is 7. The highest BCUT2D eigenvalue weighted by Gasteiger charge is 2.54. The molecule has 1 aliphatic heterocycles. The number of ether oxygens (including phenoxy) is 2. The van der Waals surface area contributed by atoms with Crippen molar-refractivity contribution in [2.24, 2.45) is 5.92 Å². The molecule has 35 heavy (non-hydrogen) atoms. The summed E-state index contributed by atoms with van der Waals surface area (Å²) >= 11 is 0. The third kappa shape index (κ3) is 5.97. The van der Waals surface area contributed by atoms with Crippen molar-refractivity contribution in [2.45, 2.75) is 62.8 Å². The average Bonchev–Trinajstić information content (AvgIpc) is 3.33. The molecule has 0 amide bonds. The van der Waals surface area contributed by atoms with Gasteiger partial charge in [0.25, 0.3) is 0 Å². The van der Waals surface area contributed by atoms with Crippen LogP contribution in [0.15, 0.2) is 42.5 Å². The van der Waals surface area contributed by atoms with Gasteiger partial charge in [0.2, 0.25) is 0 Å². The Hall–Kier alpha value is -2.19. The lowest BCUT2D eigenvalue weighted by molar-refractivity contribution is -0.144. The number of nitrogens with zero attached hydrogens (tertiary/aromatic N) is 1. The second kappa shape index (κ2) is 10.1. The van der Waals surface area contributed by atoms with E-state index in [1.54, 1.807) is 18.2 Å². The van der Waals surface area contributed by atoms with Crippen LogP contribution in [0.4, 0.5) is 22.0 Å². The smallest absolute Gasteiger partial charge is 0.401 e. The Balaban J connectivity index is 1.63. The second-order valence-electron chi connectivity index (χ2n) is 10.3. The van der Waals surface area contributed by atoms with Crippen LogP contribution in [0.1, 0.15) is 56.1 Å². The monoisotopic (exact) mass is 497 g/mol. The van der Waals surface area contributed by atoms with E-state index in [0.29, 0.717) is 31.6 Å². The average molecular weight is 498 g/mol. The van der Waals surface area contributed by atoms with E-state index in [-0.39, 0.29) is 42.0 Å². The van der Waals surface area contributed by atoms with Gasteiger partial charge in [0, 0.05) is 23.9 Å². The van der Waals surface area contributed by atoms with Crippen LogP contribution < -0.4 is 4.74 Å². The minimum atomic E-state index is -4.28. The van der Waals surface area contributed by atoms with E-state index < -0.39 is 18.3 Å². The van der Waals surface area contributed by atoms with Crippen molar-refractivity contribution in [1.29, 1.82) is 0 Å². The van der Waals surface area contributed by atoms with E-state index in [1.165, 1.54) is 36.2 Å². The molecule has 2 fully saturated rings. The molecule has 0 unspecified atom stereocenters. The molecular weight excluding hydrogens is 465 g/mol. The van der Waals surface area contributed by atoms with Gasteiger partial charge in [-0.1, -0.05) is 12.1 Å². The first-order valence-electron chi connectivity index (χ1n) is 12.1. The SMILES string of the molecule is CC(C)Oc1ccc(F)cc1[C@H]1CO[C@]2(CC[C@H](CN(C)CC(F)(F)F)[C@H]2c2ccc(F)cc2)C1. The molecule has 1 spiro atoms. The van der Waals surface area contributed by atoms with Crippen LogP contribution in [0.25, 0.3) is 0 Å². The maximum absolute atomic E-state index is 14.2. The summed E-state index contributed by atoms with van der Waals surface area (Å²) in [6, 6.07) is 10.7. The van der Waals surface area contributed by atoms with Crippen LogP contribution in [0, 0.1) is 17.6 Å². The molecule has 0 bridgehead atoms. The number of hydrogen-bond donors (Lipinski definition) is 0. The van der Waals surface area contributed by atoms with Crippen LogP contribution in [-0.4, -0.2) is 49.5 Å². The molecule has 0 radical (unpaired) electrons. The highest BCUT2D eigenvalue weighted by atomic mass is 19.4. The molecule has 1 aliphatic carbocycles. The Labute approximate surface area is 203 Å². The zero-order valence-electron chi connectivity index (χ0n) is 20.2. The molecule has 4 rings (SSSR count). The van der Waals surface area contributed by atoms with Gasteiger partial charge in [-0.2, -0.15) is 13.2 Å². The molecule has 2 aromatic carbocycles. The maximum atomic E-state index is 14.2. The van der Waals surface area contributed by atoms with Gasteiger partial charge in [0.15, 0.2) is 0 Å². The predicted octanol–water partition coefficient (Wildman–Crippen LogP) is 6.68. The highest BCUT2D eigenvalue weighted by Crippen LogP contribution is 2.57. The first-order chi connectivity index (χ1) is 16.5. The largest absolute Gasteiger partial charge is 0.491 e. The normalized spacial score (nSPS) is 26.9. The van der Waals surface area contributed by atoms with E-state index >= 15 is 0 Å². The lowest BCUT2D eigenvalue weighted by atomic mass is 9.76. The van der Waals surface area contributed by atoms with Crippen molar-refractivity contribution in [2.75, 3.05) is 26.7 Å². The second-order valence-corrected chi connectivity index (χ2v) is 10.3. The number of hydrogen-bond acceptors (Lipinski definition) is 3. The zero-order chi connectivity index (χ0) is 25.4. The van der Waals surface area contributed by atoms with E-state index in [1.807, 2.05) is 13.8 Å². The molecule has 3 nitrogen and oxygen atoms in total. The molecule has 4 atom stereocenters. The van der Waals surface area contributed by atoms with Crippen LogP contribution in [0.5, 0.6) is 5.75 Å². The van der Waals surface area contributed by atoms with Gasteiger partial charge in [0.1, 0.15) is 17.4 Å². The standard InChI is InChI=1S/C27H32F5NO2/c1-17(2)35-24-9-8-22(29)12-23(24)20-13-26(34-15-20)11-10-19(14-33(3)16-27(30,31)32)25(26)18-4-6-21(28)7-5-18/h4-9,12,17,19-20,25H,10-11,13-16H2,1-3H3/t19-,20-,25-,26-/m1/s1. The summed E-state index contributed by atoms with van der Waals surface area (Å²) in [6.07, 6.45) is -2.41. The summed E-state index contributed by atoms with van der Waals surface area (Å²) in [4.78, 5) is 1.30. The maximum Gasteiger partial charge on any atom is 0.401 e. The van der Waals surface area contributed by atoms with E-state index in [0.717, 1.165) is 11.1 Å². The quantitative estimate of drug-likeness (QED) is 0.398. The first kappa shape index (κ1) is 25.9. The fourth-order valence-corrected chi connectivity index (χ4v) is 5.99. The molecule has 1 heterocycles. The minimum absolute atomic E-state index is 0.0810. The van der Waals surface area contributed by atoms with Crippen molar-refractivity contribution in [3.05, 3.63) is 65.2 Å². The third-order valence-corrected chi connectivity index (χ3v) is 7.14. The Morgan fingerprint density at radius 3 is 2.43 bits per heavy atom. The van der Waals surface area contributed by atoms with Gasteiger partial charge >= 0.3 is 6.18 Å². The van der Waals surface area contributed by atoms with E-state index in [9.17, 15) is 22.0 Å². The van der Waals surface area contributed by atoms with Crippen LogP contribution in [0.2, 0.25) is 0 Å². The van der Waals surface area contributed by atoms with Gasteiger partial charge in [-0.3, -0.25) is 4.90 Å². The Morgan fingerprint density at radius 1 is 1.09 bits per heavy atom. The lowest BCUT2D eigenvalue weighted by Gasteiger charge is -2.35. The Kier molecular flexibility index (Phi) is 7.44.